The average Bonchev–Trinajstić information content (AvgIpc) is 3.29. The molecule has 1 aliphatic carbocycles. The summed E-state index contributed by atoms with van der Waals surface area (Å²) in [6.07, 6.45) is 1.54. The molecule has 2 heteroatoms. The van der Waals surface area contributed by atoms with E-state index in [1.54, 1.807) is 7.11 Å². The highest BCUT2D eigenvalue weighted by atomic mass is 16.5. The van der Waals surface area contributed by atoms with Gasteiger partial charge in [0.25, 0.3) is 0 Å². The number of rotatable bonds is 4. The molecule has 0 aromatic heterocycles. The lowest BCUT2D eigenvalue weighted by Crippen LogP contribution is -2.18. The summed E-state index contributed by atoms with van der Waals surface area (Å²) in [5, 5.41) is 10.8. The summed E-state index contributed by atoms with van der Waals surface area (Å²) in [5.74, 6) is 0.761. The molecule has 3 rings (SSSR count). The third-order valence-corrected chi connectivity index (χ3v) is 4.09. The maximum atomic E-state index is 10.8. The predicted octanol–water partition coefficient (Wildman–Crippen LogP) is 3.46. The fourth-order valence-corrected chi connectivity index (χ4v) is 2.81. The number of aliphatic hydroxyl groups excluding tert-OH is 1. The summed E-state index contributed by atoms with van der Waals surface area (Å²) >= 11 is 0. The molecule has 0 bridgehead atoms. The summed E-state index contributed by atoms with van der Waals surface area (Å²) in [6.45, 7) is 0. The van der Waals surface area contributed by atoms with Crippen molar-refractivity contribution < 1.29 is 9.84 Å². The van der Waals surface area contributed by atoms with Gasteiger partial charge in [0.2, 0.25) is 0 Å². The first-order valence-electron chi connectivity index (χ1n) is 6.64. The molecule has 98 valence electrons. The van der Waals surface area contributed by atoms with Crippen molar-refractivity contribution in [2.45, 2.75) is 24.4 Å². The third kappa shape index (κ3) is 2.02. The molecule has 1 saturated carbocycles. The van der Waals surface area contributed by atoms with Gasteiger partial charge in [-0.1, -0.05) is 48.5 Å². The van der Waals surface area contributed by atoms with Gasteiger partial charge in [-0.3, -0.25) is 0 Å². The highest BCUT2D eigenvalue weighted by Crippen LogP contribution is 2.57. The zero-order valence-electron chi connectivity index (χ0n) is 11.0. The zero-order chi connectivity index (χ0) is 13.3. The Hall–Kier alpha value is -1.80. The molecule has 1 fully saturated rings. The number of ether oxygens (including phenoxy) is 1. The van der Waals surface area contributed by atoms with Crippen LogP contribution in [0.4, 0.5) is 0 Å². The molecule has 0 amide bonds. The number of para-hydroxylation sites is 1. The molecule has 1 N–H and O–H groups in total. The van der Waals surface area contributed by atoms with Gasteiger partial charge in [-0.2, -0.15) is 0 Å². The van der Waals surface area contributed by atoms with Crippen molar-refractivity contribution in [2.24, 2.45) is 0 Å². The van der Waals surface area contributed by atoms with Crippen LogP contribution < -0.4 is 4.74 Å². The van der Waals surface area contributed by atoms with Gasteiger partial charge < -0.3 is 9.84 Å². The fraction of sp³-hybridized carbons (Fsp3) is 0.294. The third-order valence-electron chi connectivity index (χ3n) is 4.09. The van der Waals surface area contributed by atoms with Gasteiger partial charge in [0.05, 0.1) is 13.2 Å². The molecule has 0 saturated heterocycles. The average molecular weight is 254 g/mol. The minimum Gasteiger partial charge on any atom is -0.496 e. The summed E-state index contributed by atoms with van der Waals surface area (Å²) in [6, 6.07) is 18.0. The second-order valence-electron chi connectivity index (χ2n) is 5.17. The second-order valence-corrected chi connectivity index (χ2v) is 5.17. The van der Waals surface area contributed by atoms with Crippen molar-refractivity contribution in [1.29, 1.82) is 0 Å². The van der Waals surface area contributed by atoms with E-state index in [0.29, 0.717) is 0 Å². The number of methoxy groups -OCH3 is 1. The summed E-state index contributed by atoms with van der Waals surface area (Å²) in [5.41, 5.74) is 1.97. The van der Waals surface area contributed by atoms with Crippen LogP contribution >= 0.6 is 0 Å². The van der Waals surface area contributed by atoms with E-state index >= 15 is 0 Å². The number of aliphatic hydroxyl groups is 1. The van der Waals surface area contributed by atoms with Crippen molar-refractivity contribution in [1.82, 2.24) is 0 Å². The normalized spacial score (nSPS) is 17.8. The molecule has 0 spiro atoms. The Bertz CT molecular complexity index is 558. The Morgan fingerprint density at radius 1 is 1.00 bits per heavy atom. The van der Waals surface area contributed by atoms with Gasteiger partial charge in [0, 0.05) is 11.0 Å². The maximum Gasteiger partial charge on any atom is 0.124 e. The largest absolute Gasteiger partial charge is 0.496 e. The van der Waals surface area contributed by atoms with E-state index in [-0.39, 0.29) is 5.41 Å². The summed E-state index contributed by atoms with van der Waals surface area (Å²) in [7, 11) is 1.65. The minimum absolute atomic E-state index is 0.129. The number of hydrogen-bond donors (Lipinski definition) is 1. The SMILES string of the molecule is COc1ccccc1C(O)C1(c2ccccc2)CC1. The standard InChI is InChI=1S/C17H18O2/c1-19-15-10-6-5-9-14(15)16(18)17(11-12-17)13-7-3-2-4-8-13/h2-10,16,18H,11-12H2,1H3. The smallest absolute Gasteiger partial charge is 0.124 e. The van der Waals surface area contributed by atoms with Crippen molar-refractivity contribution in [3.63, 3.8) is 0 Å². The molecule has 0 radical (unpaired) electrons. The Balaban J connectivity index is 1.98. The molecule has 2 aromatic carbocycles. The van der Waals surface area contributed by atoms with E-state index < -0.39 is 6.10 Å². The minimum atomic E-state index is -0.508. The van der Waals surface area contributed by atoms with E-state index in [1.165, 1.54) is 5.56 Å². The second kappa shape index (κ2) is 4.71. The molecule has 19 heavy (non-hydrogen) atoms. The van der Waals surface area contributed by atoms with Crippen molar-refractivity contribution in [3.05, 3.63) is 65.7 Å². The van der Waals surface area contributed by atoms with Crippen LogP contribution in [0, 0.1) is 0 Å². The van der Waals surface area contributed by atoms with Crippen LogP contribution in [0.25, 0.3) is 0 Å². The Labute approximate surface area is 113 Å². The van der Waals surface area contributed by atoms with Crippen LogP contribution in [0.15, 0.2) is 54.6 Å². The van der Waals surface area contributed by atoms with Gasteiger partial charge >= 0.3 is 0 Å². The lowest BCUT2D eigenvalue weighted by molar-refractivity contribution is 0.129. The molecular weight excluding hydrogens is 236 g/mol. The van der Waals surface area contributed by atoms with E-state index in [9.17, 15) is 5.11 Å². The van der Waals surface area contributed by atoms with Gasteiger partial charge in [0.15, 0.2) is 0 Å². The maximum absolute atomic E-state index is 10.8. The van der Waals surface area contributed by atoms with E-state index in [2.05, 4.69) is 12.1 Å². The zero-order valence-corrected chi connectivity index (χ0v) is 11.0. The van der Waals surface area contributed by atoms with Gasteiger partial charge in [-0.05, 0) is 24.5 Å². The molecule has 2 aromatic rings. The topological polar surface area (TPSA) is 29.5 Å². The highest BCUT2D eigenvalue weighted by molar-refractivity contribution is 5.42. The van der Waals surface area contributed by atoms with E-state index in [1.807, 2.05) is 42.5 Å². The molecule has 1 aliphatic rings. The predicted molar refractivity (Wildman–Crippen MR) is 75.3 cm³/mol. The lowest BCUT2D eigenvalue weighted by Gasteiger charge is -2.24. The van der Waals surface area contributed by atoms with Gasteiger partial charge in [-0.25, -0.2) is 0 Å². The van der Waals surface area contributed by atoms with Crippen LogP contribution in [0.5, 0.6) is 5.75 Å². The Kier molecular flexibility index (Phi) is 3.03. The van der Waals surface area contributed by atoms with Crippen molar-refractivity contribution >= 4 is 0 Å². The number of benzene rings is 2. The molecule has 0 aliphatic heterocycles. The van der Waals surface area contributed by atoms with E-state index in [0.717, 1.165) is 24.2 Å². The van der Waals surface area contributed by atoms with E-state index in [4.69, 9.17) is 4.74 Å². The van der Waals surface area contributed by atoms with Crippen LogP contribution in [-0.2, 0) is 5.41 Å². The van der Waals surface area contributed by atoms with Crippen LogP contribution in [0.3, 0.4) is 0 Å². The van der Waals surface area contributed by atoms with Crippen LogP contribution in [-0.4, -0.2) is 12.2 Å². The first-order valence-corrected chi connectivity index (χ1v) is 6.64. The molecule has 2 nitrogen and oxygen atoms in total. The summed E-state index contributed by atoms with van der Waals surface area (Å²) < 4.78 is 5.37. The molecule has 1 unspecified atom stereocenters. The molecular formula is C17H18O2. The quantitative estimate of drug-likeness (QED) is 0.905. The fourth-order valence-electron chi connectivity index (χ4n) is 2.81. The van der Waals surface area contributed by atoms with Gasteiger partial charge in [0.1, 0.15) is 5.75 Å². The number of hydrogen-bond acceptors (Lipinski definition) is 2. The van der Waals surface area contributed by atoms with Crippen LogP contribution in [0.1, 0.15) is 30.1 Å². The molecule has 1 atom stereocenters. The first-order chi connectivity index (χ1) is 9.28. The van der Waals surface area contributed by atoms with Crippen molar-refractivity contribution in [3.8, 4) is 5.75 Å². The van der Waals surface area contributed by atoms with Crippen LogP contribution in [0.2, 0.25) is 0 Å². The summed E-state index contributed by atoms with van der Waals surface area (Å²) in [4.78, 5) is 0. The molecule has 0 heterocycles. The first kappa shape index (κ1) is 12.2. The highest BCUT2D eigenvalue weighted by Gasteiger charge is 2.51. The van der Waals surface area contributed by atoms with Gasteiger partial charge in [-0.15, -0.1) is 0 Å². The lowest BCUT2D eigenvalue weighted by atomic mass is 9.86. The van der Waals surface area contributed by atoms with Crippen molar-refractivity contribution in [2.75, 3.05) is 7.11 Å². The Morgan fingerprint density at radius 2 is 1.63 bits per heavy atom. The monoisotopic (exact) mass is 254 g/mol. The Morgan fingerprint density at radius 3 is 2.26 bits per heavy atom.